The fourth-order valence-electron chi connectivity index (χ4n) is 3.79. The van der Waals surface area contributed by atoms with Gasteiger partial charge in [0.05, 0.1) is 17.4 Å². The molecular formula is C19H28N2O3S. The number of sulfone groups is 1. The van der Waals surface area contributed by atoms with Gasteiger partial charge >= 0.3 is 0 Å². The summed E-state index contributed by atoms with van der Waals surface area (Å²) in [5.41, 5.74) is 2.34. The Bertz CT molecular complexity index is 700. The van der Waals surface area contributed by atoms with E-state index in [9.17, 15) is 13.2 Å². The number of benzene rings is 1. The minimum Gasteiger partial charge on any atom is -0.352 e. The third-order valence-electron chi connectivity index (χ3n) is 5.24. The Morgan fingerprint density at radius 2 is 1.92 bits per heavy atom. The smallest absolute Gasteiger partial charge is 0.224 e. The number of carbonyl (C=O) groups is 1. The van der Waals surface area contributed by atoms with Crippen molar-refractivity contribution in [2.75, 3.05) is 24.6 Å². The van der Waals surface area contributed by atoms with E-state index in [0.29, 0.717) is 13.0 Å². The van der Waals surface area contributed by atoms with Crippen molar-refractivity contribution in [2.24, 2.45) is 11.8 Å². The van der Waals surface area contributed by atoms with Gasteiger partial charge in [-0.05, 0) is 42.9 Å². The molecule has 0 radical (unpaired) electrons. The molecule has 1 aromatic rings. The summed E-state index contributed by atoms with van der Waals surface area (Å²) in [6, 6.07) is 8.35. The lowest BCUT2D eigenvalue weighted by atomic mass is 9.99. The number of nitrogens with one attached hydrogen (secondary N) is 1. The Morgan fingerprint density at radius 3 is 2.56 bits per heavy atom. The zero-order valence-electron chi connectivity index (χ0n) is 14.9. The van der Waals surface area contributed by atoms with E-state index in [2.05, 4.69) is 29.3 Å². The number of likely N-dealkylation sites (tertiary alicyclic amines) is 1. The van der Waals surface area contributed by atoms with Gasteiger partial charge in [0.15, 0.2) is 9.84 Å². The van der Waals surface area contributed by atoms with Gasteiger partial charge in [-0.1, -0.05) is 31.2 Å². The van der Waals surface area contributed by atoms with Gasteiger partial charge in [0.25, 0.3) is 0 Å². The van der Waals surface area contributed by atoms with Gasteiger partial charge in [-0.15, -0.1) is 0 Å². The summed E-state index contributed by atoms with van der Waals surface area (Å²) in [6.45, 7) is 6.09. The summed E-state index contributed by atoms with van der Waals surface area (Å²) in [7, 11) is -3.01. The zero-order chi connectivity index (χ0) is 17.9. The van der Waals surface area contributed by atoms with Crippen LogP contribution >= 0.6 is 0 Å². The molecule has 2 heterocycles. The standard InChI is InChI=1S/C19H28N2O3S/c1-15-3-2-9-21(12-15)13-17-6-4-16(5-7-17)11-20-19(22)18-8-10-25(23,24)14-18/h4-7,15,18H,2-3,8-14H2,1H3,(H,20,22). The highest BCUT2D eigenvalue weighted by Gasteiger charge is 2.32. The maximum Gasteiger partial charge on any atom is 0.224 e. The molecule has 2 saturated heterocycles. The molecule has 0 spiro atoms. The minimum absolute atomic E-state index is 0.00791. The summed E-state index contributed by atoms with van der Waals surface area (Å²) in [5, 5.41) is 2.87. The molecule has 2 atom stereocenters. The summed E-state index contributed by atoms with van der Waals surface area (Å²) in [5.74, 6) is 0.376. The number of rotatable bonds is 5. The second kappa shape index (κ2) is 7.87. The summed E-state index contributed by atoms with van der Waals surface area (Å²) >= 11 is 0. The Hall–Kier alpha value is -1.40. The Kier molecular flexibility index (Phi) is 5.79. The fraction of sp³-hybridized carbons (Fsp3) is 0.632. The molecule has 1 amide bonds. The van der Waals surface area contributed by atoms with E-state index < -0.39 is 9.84 Å². The highest BCUT2D eigenvalue weighted by molar-refractivity contribution is 7.91. The average Bonchev–Trinajstić information content (AvgIpc) is 2.94. The molecule has 0 bridgehead atoms. The monoisotopic (exact) mass is 364 g/mol. The first-order valence-electron chi connectivity index (χ1n) is 9.19. The van der Waals surface area contributed by atoms with E-state index in [-0.39, 0.29) is 23.3 Å². The second-order valence-electron chi connectivity index (χ2n) is 7.62. The van der Waals surface area contributed by atoms with E-state index in [1.54, 1.807) is 0 Å². The van der Waals surface area contributed by atoms with Crippen LogP contribution in [0.1, 0.15) is 37.3 Å². The molecule has 0 saturated carbocycles. The molecule has 5 nitrogen and oxygen atoms in total. The van der Waals surface area contributed by atoms with Crippen molar-refractivity contribution in [1.82, 2.24) is 10.2 Å². The molecule has 2 aliphatic rings. The second-order valence-corrected chi connectivity index (χ2v) is 9.85. The first kappa shape index (κ1) is 18.4. The third kappa shape index (κ3) is 5.28. The molecule has 2 fully saturated rings. The maximum atomic E-state index is 12.1. The van der Waals surface area contributed by atoms with E-state index in [1.807, 2.05) is 12.1 Å². The van der Waals surface area contributed by atoms with Gasteiger partial charge < -0.3 is 5.32 Å². The lowest BCUT2D eigenvalue weighted by Gasteiger charge is -2.30. The number of nitrogens with zero attached hydrogens (tertiary/aromatic N) is 1. The number of piperidine rings is 1. The van der Waals surface area contributed by atoms with Gasteiger partial charge in [0.1, 0.15) is 0 Å². The molecule has 25 heavy (non-hydrogen) atoms. The first-order chi connectivity index (χ1) is 11.9. The Balaban J connectivity index is 1.47. The predicted octanol–water partition coefficient (Wildman–Crippen LogP) is 1.97. The van der Waals surface area contributed by atoms with Crippen LogP contribution in [0.2, 0.25) is 0 Å². The van der Waals surface area contributed by atoms with Gasteiger partial charge in [0, 0.05) is 19.6 Å². The average molecular weight is 365 g/mol. The number of hydrogen-bond donors (Lipinski definition) is 1. The Morgan fingerprint density at radius 1 is 1.20 bits per heavy atom. The molecule has 1 N–H and O–H groups in total. The van der Waals surface area contributed by atoms with Crippen LogP contribution in [0.15, 0.2) is 24.3 Å². The number of hydrogen-bond acceptors (Lipinski definition) is 4. The molecule has 2 aliphatic heterocycles. The van der Waals surface area contributed by atoms with Crippen molar-refractivity contribution in [3.05, 3.63) is 35.4 Å². The van der Waals surface area contributed by atoms with Crippen LogP contribution in [0, 0.1) is 11.8 Å². The largest absolute Gasteiger partial charge is 0.352 e. The topological polar surface area (TPSA) is 66.5 Å². The van der Waals surface area contributed by atoms with Crippen LogP contribution < -0.4 is 5.32 Å². The third-order valence-corrected chi connectivity index (χ3v) is 7.01. The molecule has 0 aromatic heterocycles. The van der Waals surface area contributed by atoms with Crippen LogP contribution in [-0.4, -0.2) is 43.8 Å². The fourth-order valence-corrected chi connectivity index (χ4v) is 5.53. The zero-order valence-corrected chi connectivity index (χ0v) is 15.7. The van der Waals surface area contributed by atoms with Crippen LogP contribution in [0.5, 0.6) is 0 Å². The Labute approximate surface area is 150 Å². The molecule has 3 rings (SSSR count). The van der Waals surface area contributed by atoms with Crippen LogP contribution in [0.4, 0.5) is 0 Å². The maximum absolute atomic E-state index is 12.1. The summed E-state index contributed by atoms with van der Waals surface area (Å²) in [4.78, 5) is 14.6. The van der Waals surface area contributed by atoms with E-state index in [4.69, 9.17) is 0 Å². The highest BCUT2D eigenvalue weighted by atomic mass is 32.2. The van der Waals surface area contributed by atoms with Gasteiger partial charge in [-0.25, -0.2) is 8.42 Å². The molecule has 2 unspecified atom stereocenters. The molecule has 138 valence electrons. The van der Waals surface area contributed by atoms with Crippen LogP contribution in [0.25, 0.3) is 0 Å². The number of amides is 1. The SMILES string of the molecule is CC1CCCN(Cc2ccc(CNC(=O)C3CCS(=O)(=O)C3)cc2)C1. The van der Waals surface area contributed by atoms with Gasteiger partial charge in [-0.2, -0.15) is 0 Å². The molecule has 1 aromatic carbocycles. The predicted molar refractivity (Wildman–Crippen MR) is 98.7 cm³/mol. The number of carbonyl (C=O) groups excluding carboxylic acids is 1. The van der Waals surface area contributed by atoms with Crippen molar-refractivity contribution >= 4 is 15.7 Å². The lowest BCUT2D eigenvalue weighted by Crippen LogP contribution is -2.33. The van der Waals surface area contributed by atoms with Crippen molar-refractivity contribution in [2.45, 2.75) is 39.3 Å². The van der Waals surface area contributed by atoms with E-state index in [1.165, 1.54) is 31.5 Å². The normalized spacial score (nSPS) is 26.4. The first-order valence-corrected chi connectivity index (χ1v) is 11.0. The summed E-state index contributed by atoms with van der Waals surface area (Å²) in [6.07, 6.45) is 3.06. The van der Waals surface area contributed by atoms with Crippen molar-refractivity contribution in [1.29, 1.82) is 0 Å². The minimum atomic E-state index is -3.01. The lowest BCUT2D eigenvalue weighted by molar-refractivity contribution is -0.124. The highest BCUT2D eigenvalue weighted by Crippen LogP contribution is 2.19. The van der Waals surface area contributed by atoms with E-state index in [0.717, 1.165) is 18.0 Å². The van der Waals surface area contributed by atoms with Crippen molar-refractivity contribution < 1.29 is 13.2 Å². The van der Waals surface area contributed by atoms with Gasteiger partial charge in [-0.3, -0.25) is 9.69 Å². The van der Waals surface area contributed by atoms with Crippen molar-refractivity contribution in [3.8, 4) is 0 Å². The van der Waals surface area contributed by atoms with E-state index >= 15 is 0 Å². The van der Waals surface area contributed by atoms with Crippen LogP contribution in [-0.2, 0) is 27.7 Å². The molecule has 6 heteroatoms. The van der Waals surface area contributed by atoms with Gasteiger partial charge in [0.2, 0.25) is 5.91 Å². The summed E-state index contributed by atoms with van der Waals surface area (Å²) < 4.78 is 22.9. The molecule has 0 aliphatic carbocycles. The van der Waals surface area contributed by atoms with Crippen molar-refractivity contribution in [3.63, 3.8) is 0 Å². The molecular weight excluding hydrogens is 336 g/mol. The van der Waals surface area contributed by atoms with Crippen LogP contribution in [0.3, 0.4) is 0 Å². The quantitative estimate of drug-likeness (QED) is 0.867.